The normalized spacial score (nSPS) is 12.7. The van der Waals surface area contributed by atoms with E-state index in [1.807, 2.05) is 0 Å². The van der Waals surface area contributed by atoms with Gasteiger partial charge in [-0.05, 0) is 13.8 Å². The molecule has 0 spiro atoms. The maximum atomic E-state index is 11.1. The summed E-state index contributed by atoms with van der Waals surface area (Å²) in [6.45, 7) is 2.44. The second kappa shape index (κ2) is 3.40. The Hall–Kier alpha value is -0.620. The van der Waals surface area contributed by atoms with Crippen LogP contribution >= 0.6 is 0 Å². The number of esters is 1. The smallest absolute Gasteiger partial charge is 0.329 e. The van der Waals surface area contributed by atoms with E-state index in [0.29, 0.717) is 0 Å². The van der Waals surface area contributed by atoms with Gasteiger partial charge in [0.05, 0.1) is 14.2 Å². The lowest BCUT2D eigenvalue weighted by molar-refractivity contribution is -0.142. The Kier molecular flexibility index (Phi) is 3.23. The van der Waals surface area contributed by atoms with Gasteiger partial charge in [-0.1, -0.05) is 0 Å². The zero-order chi connectivity index (χ0) is 9.99. The minimum Gasteiger partial charge on any atom is -0.468 e. The highest BCUT2D eigenvalue weighted by Gasteiger charge is 2.43. The van der Waals surface area contributed by atoms with Crippen LogP contribution in [0.25, 0.3) is 0 Å². The SMILES string of the molecule is COC(=O)C(C)(C)S(=O)(=O)OC. The van der Waals surface area contributed by atoms with Gasteiger partial charge in [-0.25, -0.2) is 0 Å². The summed E-state index contributed by atoms with van der Waals surface area (Å²) < 4.78 is 29.0. The largest absolute Gasteiger partial charge is 0.468 e. The molecular formula is C6H12O5S. The van der Waals surface area contributed by atoms with Crippen molar-refractivity contribution in [3.63, 3.8) is 0 Å². The lowest BCUT2D eigenvalue weighted by Gasteiger charge is -2.19. The number of hydrogen-bond donors (Lipinski definition) is 0. The zero-order valence-electron chi connectivity index (χ0n) is 7.45. The van der Waals surface area contributed by atoms with Crippen LogP contribution in [0, 0.1) is 0 Å². The van der Waals surface area contributed by atoms with Gasteiger partial charge in [0, 0.05) is 0 Å². The van der Waals surface area contributed by atoms with Crippen molar-refractivity contribution in [3.05, 3.63) is 0 Å². The van der Waals surface area contributed by atoms with E-state index >= 15 is 0 Å². The van der Waals surface area contributed by atoms with E-state index in [2.05, 4.69) is 8.92 Å². The molecule has 6 heteroatoms. The van der Waals surface area contributed by atoms with Crippen molar-refractivity contribution >= 4 is 16.1 Å². The maximum absolute atomic E-state index is 11.1. The highest BCUT2D eigenvalue weighted by molar-refractivity contribution is 7.88. The van der Waals surface area contributed by atoms with Gasteiger partial charge < -0.3 is 4.74 Å². The molecule has 0 saturated carbocycles. The minimum absolute atomic E-state index is 0.843. The summed E-state index contributed by atoms with van der Waals surface area (Å²) in [5, 5.41) is 0. The second-order valence-electron chi connectivity index (χ2n) is 2.62. The fourth-order valence-electron chi connectivity index (χ4n) is 0.556. The number of methoxy groups -OCH3 is 1. The first-order chi connectivity index (χ1) is 5.29. The van der Waals surface area contributed by atoms with Gasteiger partial charge in [0.25, 0.3) is 10.1 Å². The van der Waals surface area contributed by atoms with E-state index in [0.717, 1.165) is 14.2 Å². The molecule has 0 saturated heterocycles. The Labute approximate surface area is 71.8 Å². The molecule has 72 valence electrons. The molecule has 0 aliphatic heterocycles. The molecule has 12 heavy (non-hydrogen) atoms. The molecule has 0 radical (unpaired) electrons. The van der Waals surface area contributed by atoms with Crippen LogP contribution in [0.4, 0.5) is 0 Å². The fraction of sp³-hybridized carbons (Fsp3) is 0.833. The molecule has 0 atom stereocenters. The van der Waals surface area contributed by atoms with Crippen LogP contribution in [0.1, 0.15) is 13.8 Å². The van der Waals surface area contributed by atoms with Crippen molar-refractivity contribution < 1.29 is 22.1 Å². The Morgan fingerprint density at radius 3 is 1.92 bits per heavy atom. The Bertz CT molecular complexity index is 264. The topological polar surface area (TPSA) is 69.7 Å². The molecule has 0 fully saturated rings. The average Bonchev–Trinajstić information content (AvgIpc) is 2.02. The number of carbonyl (C=O) groups excluding carboxylic acids is 1. The van der Waals surface area contributed by atoms with E-state index < -0.39 is 20.8 Å². The molecule has 0 rings (SSSR count). The lowest BCUT2D eigenvalue weighted by atomic mass is 10.2. The summed E-state index contributed by atoms with van der Waals surface area (Å²) in [7, 11) is -1.76. The number of rotatable bonds is 3. The summed E-state index contributed by atoms with van der Waals surface area (Å²) in [6, 6.07) is 0. The summed E-state index contributed by atoms with van der Waals surface area (Å²) >= 11 is 0. The average molecular weight is 196 g/mol. The van der Waals surface area contributed by atoms with Crippen molar-refractivity contribution in [2.75, 3.05) is 14.2 Å². The van der Waals surface area contributed by atoms with Gasteiger partial charge >= 0.3 is 5.97 Å². The quantitative estimate of drug-likeness (QED) is 0.466. The molecule has 0 aliphatic rings. The third kappa shape index (κ3) is 1.75. The van der Waals surface area contributed by atoms with Crippen molar-refractivity contribution in [1.82, 2.24) is 0 Å². The van der Waals surface area contributed by atoms with Crippen LogP contribution in [0.15, 0.2) is 0 Å². The first-order valence-electron chi connectivity index (χ1n) is 3.18. The van der Waals surface area contributed by atoms with Crippen LogP contribution in [0.3, 0.4) is 0 Å². The van der Waals surface area contributed by atoms with Crippen molar-refractivity contribution in [1.29, 1.82) is 0 Å². The summed E-state index contributed by atoms with van der Waals surface area (Å²) in [5.74, 6) is -0.843. The first-order valence-corrected chi connectivity index (χ1v) is 4.59. The van der Waals surface area contributed by atoms with Crippen molar-refractivity contribution in [2.24, 2.45) is 0 Å². The fourth-order valence-corrected chi connectivity index (χ4v) is 1.26. The predicted molar refractivity (Wildman–Crippen MR) is 42.0 cm³/mol. The standard InChI is InChI=1S/C6H12O5S/c1-6(2,5(7)10-3)12(8,9)11-4/h1-4H3. The molecule has 0 bridgehead atoms. The third-order valence-electron chi connectivity index (χ3n) is 1.52. The van der Waals surface area contributed by atoms with Gasteiger partial charge in [0.1, 0.15) is 0 Å². The van der Waals surface area contributed by atoms with E-state index in [1.165, 1.54) is 13.8 Å². The minimum atomic E-state index is -3.88. The van der Waals surface area contributed by atoms with Gasteiger partial charge in [0.2, 0.25) is 0 Å². The highest BCUT2D eigenvalue weighted by atomic mass is 32.2. The predicted octanol–water partition coefficient (Wildman–Crippen LogP) is -0.0858. The Balaban J connectivity index is 4.99. The summed E-state index contributed by atoms with van der Waals surface area (Å²) in [4.78, 5) is 11.0. The van der Waals surface area contributed by atoms with Crippen LogP contribution in [0.5, 0.6) is 0 Å². The Morgan fingerprint density at radius 2 is 1.67 bits per heavy atom. The third-order valence-corrected chi connectivity index (χ3v) is 3.38. The van der Waals surface area contributed by atoms with Crippen molar-refractivity contribution in [3.8, 4) is 0 Å². The number of ether oxygens (including phenoxy) is 1. The van der Waals surface area contributed by atoms with Crippen LogP contribution < -0.4 is 0 Å². The van der Waals surface area contributed by atoms with Gasteiger partial charge in [-0.3, -0.25) is 8.98 Å². The van der Waals surface area contributed by atoms with Gasteiger partial charge in [0.15, 0.2) is 4.75 Å². The number of hydrogen-bond acceptors (Lipinski definition) is 5. The highest BCUT2D eigenvalue weighted by Crippen LogP contribution is 2.18. The zero-order valence-corrected chi connectivity index (χ0v) is 8.27. The molecule has 0 aromatic heterocycles. The Morgan fingerprint density at radius 1 is 1.25 bits per heavy atom. The van der Waals surface area contributed by atoms with E-state index in [9.17, 15) is 13.2 Å². The molecular weight excluding hydrogens is 184 g/mol. The molecule has 0 aromatic rings. The van der Waals surface area contributed by atoms with Crippen LogP contribution in [-0.2, 0) is 23.8 Å². The molecule has 0 unspecified atom stereocenters. The van der Waals surface area contributed by atoms with Gasteiger partial charge in [-0.15, -0.1) is 0 Å². The molecule has 5 nitrogen and oxygen atoms in total. The van der Waals surface area contributed by atoms with Crippen LogP contribution in [-0.4, -0.2) is 33.4 Å². The van der Waals surface area contributed by atoms with Crippen LogP contribution in [0.2, 0.25) is 0 Å². The summed E-state index contributed by atoms with van der Waals surface area (Å²) in [6.07, 6.45) is 0. The molecule has 0 amide bonds. The van der Waals surface area contributed by atoms with E-state index in [1.54, 1.807) is 0 Å². The lowest BCUT2D eigenvalue weighted by Crippen LogP contribution is -2.42. The number of carbonyl (C=O) groups is 1. The molecule has 0 aliphatic carbocycles. The maximum Gasteiger partial charge on any atom is 0.329 e. The first kappa shape index (κ1) is 11.4. The molecule has 0 N–H and O–H groups in total. The molecule has 0 aromatic carbocycles. The summed E-state index contributed by atoms with van der Waals surface area (Å²) in [5.41, 5.74) is 0. The van der Waals surface area contributed by atoms with Crippen molar-refractivity contribution in [2.45, 2.75) is 18.6 Å². The molecule has 0 heterocycles. The van der Waals surface area contributed by atoms with E-state index in [4.69, 9.17) is 0 Å². The second-order valence-corrected chi connectivity index (χ2v) is 4.88. The van der Waals surface area contributed by atoms with Gasteiger partial charge in [-0.2, -0.15) is 8.42 Å². The van der Waals surface area contributed by atoms with E-state index in [-0.39, 0.29) is 0 Å². The monoisotopic (exact) mass is 196 g/mol.